The van der Waals surface area contributed by atoms with Crippen LogP contribution in [0, 0.1) is 21.8 Å². The summed E-state index contributed by atoms with van der Waals surface area (Å²) in [6.45, 7) is 6.83. The van der Waals surface area contributed by atoms with Crippen LogP contribution in [0.4, 0.5) is 14.9 Å². The third-order valence-electron chi connectivity index (χ3n) is 3.92. The molecule has 1 aliphatic rings. The van der Waals surface area contributed by atoms with Gasteiger partial charge in [-0.1, -0.05) is 0 Å². The van der Waals surface area contributed by atoms with Gasteiger partial charge in [-0.3, -0.25) is 10.1 Å². The zero-order chi connectivity index (χ0) is 19.5. The second kappa shape index (κ2) is 8.20. The number of halogens is 2. The number of benzene rings is 1. The summed E-state index contributed by atoms with van der Waals surface area (Å²) in [5, 5.41) is 10.7. The zero-order valence-corrected chi connectivity index (χ0v) is 16.5. The van der Waals surface area contributed by atoms with E-state index in [-0.39, 0.29) is 34.5 Å². The third-order valence-corrected chi connectivity index (χ3v) is 4.51. The van der Waals surface area contributed by atoms with Gasteiger partial charge in [-0.25, -0.2) is 9.18 Å². The summed E-state index contributed by atoms with van der Waals surface area (Å²) >= 11 is 3.11. The summed E-state index contributed by atoms with van der Waals surface area (Å²) in [6.07, 6.45) is 1.10. The Morgan fingerprint density at radius 2 is 2.00 bits per heavy atom. The second-order valence-corrected chi connectivity index (χ2v) is 8.07. The lowest BCUT2D eigenvalue weighted by Gasteiger charge is -2.33. The minimum absolute atomic E-state index is 0.0369. The number of non-ortho nitro benzene ring substituents is 1. The Balaban J connectivity index is 1.87. The maximum absolute atomic E-state index is 14.0. The van der Waals surface area contributed by atoms with E-state index in [0.717, 1.165) is 6.07 Å². The highest BCUT2D eigenvalue weighted by Crippen LogP contribution is 2.33. The van der Waals surface area contributed by atoms with Gasteiger partial charge in [-0.2, -0.15) is 0 Å². The molecule has 1 aliphatic heterocycles. The number of nitro groups is 1. The molecule has 1 saturated heterocycles. The Morgan fingerprint density at radius 3 is 2.50 bits per heavy atom. The van der Waals surface area contributed by atoms with Crippen LogP contribution >= 0.6 is 15.9 Å². The van der Waals surface area contributed by atoms with Crippen LogP contribution in [0.3, 0.4) is 0 Å². The molecule has 0 aromatic heterocycles. The summed E-state index contributed by atoms with van der Waals surface area (Å²) in [5.41, 5.74) is -0.871. The number of carbonyl (C=O) groups is 1. The second-order valence-electron chi connectivity index (χ2n) is 7.22. The summed E-state index contributed by atoms with van der Waals surface area (Å²) in [5.74, 6) is -0.655. The fourth-order valence-electron chi connectivity index (χ4n) is 2.60. The fourth-order valence-corrected chi connectivity index (χ4v) is 3.14. The number of amides is 1. The lowest BCUT2D eigenvalue weighted by atomic mass is 9.98. The largest absolute Gasteiger partial charge is 0.489 e. The van der Waals surface area contributed by atoms with E-state index in [0.29, 0.717) is 25.9 Å². The average Bonchev–Trinajstić information content (AvgIpc) is 2.52. The molecular formula is C17H22BrFN2O5. The minimum Gasteiger partial charge on any atom is -0.489 e. The molecule has 0 bridgehead atoms. The van der Waals surface area contributed by atoms with Crippen molar-refractivity contribution in [1.82, 2.24) is 4.90 Å². The van der Waals surface area contributed by atoms with Gasteiger partial charge in [0.1, 0.15) is 5.60 Å². The number of hydrogen-bond donors (Lipinski definition) is 0. The molecule has 0 unspecified atom stereocenters. The van der Waals surface area contributed by atoms with Gasteiger partial charge in [0.05, 0.1) is 22.1 Å². The van der Waals surface area contributed by atoms with Crippen molar-refractivity contribution in [2.45, 2.75) is 39.2 Å². The predicted octanol–water partition coefficient (Wildman–Crippen LogP) is 4.52. The van der Waals surface area contributed by atoms with Crippen molar-refractivity contribution >= 4 is 27.7 Å². The van der Waals surface area contributed by atoms with Crippen molar-refractivity contribution in [3.05, 3.63) is 32.5 Å². The van der Waals surface area contributed by atoms with Crippen LogP contribution in [0.2, 0.25) is 0 Å². The van der Waals surface area contributed by atoms with Crippen molar-refractivity contribution in [3.63, 3.8) is 0 Å². The quantitative estimate of drug-likeness (QED) is 0.515. The Bertz CT molecular complexity index is 661. The SMILES string of the molecule is CC(C)(C)OC(=O)N1CCC(COc2c(F)cc([N+](=O)[O-])cc2Br)CC1. The number of hydrogen-bond acceptors (Lipinski definition) is 5. The summed E-state index contributed by atoms with van der Waals surface area (Å²) in [4.78, 5) is 23.8. The first-order valence-electron chi connectivity index (χ1n) is 8.31. The van der Waals surface area contributed by atoms with Crippen molar-refractivity contribution < 1.29 is 23.6 Å². The number of rotatable bonds is 4. The number of nitro benzene ring substituents is 1. The van der Waals surface area contributed by atoms with Gasteiger partial charge >= 0.3 is 6.09 Å². The molecule has 0 atom stereocenters. The molecule has 2 rings (SSSR count). The van der Waals surface area contributed by atoms with Gasteiger partial charge in [0.15, 0.2) is 11.6 Å². The molecule has 26 heavy (non-hydrogen) atoms. The lowest BCUT2D eigenvalue weighted by molar-refractivity contribution is -0.385. The first kappa shape index (κ1) is 20.4. The maximum atomic E-state index is 14.0. The first-order chi connectivity index (χ1) is 12.1. The monoisotopic (exact) mass is 432 g/mol. The van der Waals surface area contributed by atoms with E-state index >= 15 is 0 Å². The van der Waals surface area contributed by atoms with Gasteiger partial charge in [0, 0.05) is 19.2 Å². The average molecular weight is 433 g/mol. The first-order valence-corrected chi connectivity index (χ1v) is 9.10. The molecule has 0 saturated carbocycles. The lowest BCUT2D eigenvalue weighted by Crippen LogP contribution is -2.42. The highest BCUT2D eigenvalue weighted by molar-refractivity contribution is 9.10. The molecule has 1 aromatic carbocycles. The smallest absolute Gasteiger partial charge is 0.410 e. The highest BCUT2D eigenvalue weighted by atomic mass is 79.9. The molecule has 1 heterocycles. The van der Waals surface area contributed by atoms with E-state index < -0.39 is 16.3 Å². The molecule has 7 nitrogen and oxygen atoms in total. The molecule has 1 fully saturated rings. The van der Waals surface area contributed by atoms with E-state index in [1.54, 1.807) is 4.90 Å². The van der Waals surface area contributed by atoms with Crippen LogP contribution in [-0.2, 0) is 4.74 Å². The van der Waals surface area contributed by atoms with Crippen LogP contribution in [0.1, 0.15) is 33.6 Å². The van der Waals surface area contributed by atoms with E-state index in [4.69, 9.17) is 9.47 Å². The van der Waals surface area contributed by atoms with Crippen molar-refractivity contribution in [3.8, 4) is 5.75 Å². The van der Waals surface area contributed by atoms with Crippen LogP contribution in [0.25, 0.3) is 0 Å². The summed E-state index contributed by atoms with van der Waals surface area (Å²) in [6, 6.07) is 2.05. The van der Waals surface area contributed by atoms with Crippen LogP contribution in [0.5, 0.6) is 5.75 Å². The summed E-state index contributed by atoms with van der Waals surface area (Å²) < 4.78 is 25.1. The molecule has 0 radical (unpaired) electrons. The van der Waals surface area contributed by atoms with Gasteiger partial charge < -0.3 is 14.4 Å². The maximum Gasteiger partial charge on any atom is 0.410 e. The van der Waals surface area contributed by atoms with E-state index in [9.17, 15) is 19.3 Å². The number of piperidine rings is 1. The van der Waals surface area contributed by atoms with Gasteiger partial charge in [-0.05, 0) is 55.5 Å². The molecule has 144 valence electrons. The molecule has 0 spiro atoms. The summed E-state index contributed by atoms with van der Waals surface area (Å²) in [7, 11) is 0. The number of carbonyl (C=O) groups excluding carboxylic acids is 1. The van der Waals surface area contributed by atoms with E-state index in [1.807, 2.05) is 20.8 Å². The number of likely N-dealkylation sites (tertiary alicyclic amines) is 1. The van der Waals surface area contributed by atoms with Crippen LogP contribution in [0.15, 0.2) is 16.6 Å². The predicted molar refractivity (Wildman–Crippen MR) is 96.8 cm³/mol. The fraction of sp³-hybridized carbons (Fsp3) is 0.588. The third kappa shape index (κ3) is 5.55. The van der Waals surface area contributed by atoms with E-state index in [1.165, 1.54) is 6.07 Å². The molecule has 1 amide bonds. The van der Waals surface area contributed by atoms with Crippen molar-refractivity contribution in [2.75, 3.05) is 19.7 Å². The van der Waals surface area contributed by atoms with Gasteiger partial charge in [-0.15, -0.1) is 0 Å². The Labute approximate surface area is 159 Å². The zero-order valence-electron chi connectivity index (χ0n) is 15.0. The standard InChI is InChI=1S/C17H22BrFN2O5/c1-17(2,3)26-16(22)20-6-4-11(5-7-20)10-25-15-13(18)8-12(21(23)24)9-14(15)19/h8-9,11H,4-7,10H2,1-3H3. The molecule has 0 N–H and O–H groups in total. The van der Waals surface area contributed by atoms with Crippen molar-refractivity contribution in [1.29, 1.82) is 0 Å². The molecular weight excluding hydrogens is 411 g/mol. The minimum atomic E-state index is -0.780. The molecule has 1 aromatic rings. The van der Waals surface area contributed by atoms with E-state index in [2.05, 4.69) is 15.9 Å². The molecule has 0 aliphatic carbocycles. The highest BCUT2D eigenvalue weighted by Gasteiger charge is 2.27. The van der Waals surface area contributed by atoms with Crippen molar-refractivity contribution in [2.24, 2.45) is 5.92 Å². The van der Waals surface area contributed by atoms with Crippen LogP contribution < -0.4 is 4.74 Å². The normalized spacial score (nSPS) is 15.7. The van der Waals surface area contributed by atoms with Gasteiger partial charge in [0.2, 0.25) is 0 Å². The Hall–Kier alpha value is -1.90. The number of nitrogens with zero attached hydrogens (tertiary/aromatic N) is 2. The topological polar surface area (TPSA) is 81.9 Å². The van der Waals surface area contributed by atoms with Gasteiger partial charge in [0.25, 0.3) is 5.69 Å². The Morgan fingerprint density at radius 1 is 1.38 bits per heavy atom. The molecule has 9 heteroatoms. The van der Waals surface area contributed by atoms with Crippen LogP contribution in [-0.4, -0.2) is 41.2 Å². The number of ether oxygens (including phenoxy) is 2. The Kier molecular flexibility index (Phi) is 6.44.